The van der Waals surface area contributed by atoms with Crippen LogP contribution in [-0.4, -0.2) is 83.7 Å². The Morgan fingerprint density at radius 3 is 1.95 bits per heavy atom. The minimum Gasteiger partial charge on any atom is -0.492 e. The molecule has 330 valence electrons. The zero-order valence-corrected chi connectivity index (χ0v) is 36.4. The Bertz CT molecular complexity index is 1710. The van der Waals surface area contributed by atoms with E-state index in [2.05, 4.69) is 60.7 Å². The fraction of sp³-hybridized carbons (Fsp3) is 0.562. The van der Waals surface area contributed by atoms with Crippen LogP contribution in [0.15, 0.2) is 61.2 Å². The van der Waals surface area contributed by atoms with Gasteiger partial charge in [-0.2, -0.15) is 0 Å². The van der Waals surface area contributed by atoms with Gasteiger partial charge in [0.05, 0.1) is 20.8 Å². The number of esters is 5. The van der Waals surface area contributed by atoms with Gasteiger partial charge in [-0.1, -0.05) is 89.3 Å². The SMILES string of the molecule is C=CCOCCCc1cc(-c2ccc(C3CCC(CCCCCCC)CC3)cc2CC)ccc1OCC(COC(=O)C(=C)C)(COC(=O)C(=O)OC)COC(=O)C(=O)OC. The number of benzene rings is 2. The van der Waals surface area contributed by atoms with E-state index in [0.29, 0.717) is 37.7 Å². The molecule has 0 aliphatic heterocycles. The molecule has 0 bridgehead atoms. The number of aryl methyl sites for hydroxylation is 2. The lowest BCUT2D eigenvalue weighted by molar-refractivity contribution is -0.177. The molecule has 0 radical (unpaired) electrons. The lowest BCUT2D eigenvalue weighted by Gasteiger charge is -2.32. The van der Waals surface area contributed by atoms with Crippen molar-refractivity contribution < 1.29 is 57.1 Å². The fourth-order valence-electron chi connectivity index (χ4n) is 7.42. The third-order valence-electron chi connectivity index (χ3n) is 11.0. The van der Waals surface area contributed by atoms with Crippen molar-refractivity contribution in [1.82, 2.24) is 0 Å². The number of carbonyl (C=O) groups is 5. The average Bonchev–Trinajstić information content (AvgIpc) is 3.27. The van der Waals surface area contributed by atoms with Crippen LogP contribution in [0.4, 0.5) is 0 Å². The molecule has 1 saturated carbocycles. The second-order valence-corrected chi connectivity index (χ2v) is 15.8. The molecule has 1 aliphatic carbocycles. The van der Waals surface area contributed by atoms with Gasteiger partial charge in [-0.3, -0.25) is 0 Å². The van der Waals surface area contributed by atoms with Gasteiger partial charge in [0.1, 0.15) is 37.6 Å². The van der Waals surface area contributed by atoms with Crippen molar-refractivity contribution in [3.05, 3.63) is 77.9 Å². The minimum atomic E-state index is -1.61. The zero-order valence-electron chi connectivity index (χ0n) is 36.4. The van der Waals surface area contributed by atoms with Gasteiger partial charge in [-0.25, -0.2) is 24.0 Å². The highest BCUT2D eigenvalue weighted by atomic mass is 16.6. The van der Waals surface area contributed by atoms with Crippen molar-refractivity contribution >= 4 is 29.8 Å². The summed E-state index contributed by atoms with van der Waals surface area (Å²) in [7, 11) is 2.03. The Labute approximate surface area is 356 Å². The highest BCUT2D eigenvalue weighted by Gasteiger charge is 2.39. The molecule has 2 aromatic rings. The molecule has 0 unspecified atom stereocenters. The summed E-state index contributed by atoms with van der Waals surface area (Å²) in [4.78, 5) is 61.3. The smallest absolute Gasteiger partial charge is 0.417 e. The Hall–Kier alpha value is -4.97. The molecule has 12 heteroatoms. The normalized spacial score (nSPS) is 15.0. The molecule has 0 amide bonds. The maximum absolute atomic E-state index is 12.6. The standard InChI is InChI=1S/C48H66O12/c1-8-11-12-13-14-16-35-18-20-37(21-19-35)38-22-24-41(36(10-3)28-38)39-23-25-42(40(29-39)17-15-27-56-26-9-2)57-30-48(31-58-43(49)34(4)5,32-59-46(52)44(50)54-6)33-60-47(53)45(51)55-7/h9,22-25,28-29,35,37H,2,4,8,10-21,26-27,30-33H2,1,3,5-7H3. The van der Waals surface area contributed by atoms with E-state index in [4.69, 9.17) is 23.7 Å². The maximum atomic E-state index is 12.6. The first kappa shape index (κ1) is 49.4. The molecular formula is C48H66O12. The summed E-state index contributed by atoms with van der Waals surface area (Å²) >= 11 is 0. The van der Waals surface area contributed by atoms with Gasteiger partial charge in [0, 0.05) is 12.2 Å². The van der Waals surface area contributed by atoms with Crippen molar-refractivity contribution in [2.24, 2.45) is 11.3 Å². The van der Waals surface area contributed by atoms with Gasteiger partial charge in [-0.05, 0) is 104 Å². The molecule has 60 heavy (non-hydrogen) atoms. The van der Waals surface area contributed by atoms with Crippen LogP contribution in [0.2, 0.25) is 0 Å². The number of methoxy groups -OCH3 is 2. The van der Waals surface area contributed by atoms with Gasteiger partial charge in [0.25, 0.3) is 0 Å². The second-order valence-electron chi connectivity index (χ2n) is 15.8. The Balaban J connectivity index is 1.93. The van der Waals surface area contributed by atoms with E-state index >= 15 is 0 Å². The molecule has 3 rings (SSSR count). The molecule has 2 aromatic carbocycles. The molecule has 0 spiro atoms. The summed E-state index contributed by atoms with van der Waals surface area (Å²) in [6.07, 6.45) is 16.8. The van der Waals surface area contributed by atoms with E-state index in [1.807, 2.05) is 12.1 Å². The number of carbonyl (C=O) groups excluding carboxylic acids is 5. The number of hydrogen-bond acceptors (Lipinski definition) is 12. The van der Waals surface area contributed by atoms with Crippen molar-refractivity contribution in [2.45, 2.75) is 110 Å². The summed E-state index contributed by atoms with van der Waals surface area (Å²) in [6.45, 7) is 12.0. The van der Waals surface area contributed by atoms with Crippen LogP contribution in [-0.2, 0) is 65.2 Å². The first-order valence-electron chi connectivity index (χ1n) is 21.3. The molecule has 12 nitrogen and oxygen atoms in total. The van der Waals surface area contributed by atoms with Crippen LogP contribution in [0, 0.1) is 11.3 Å². The van der Waals surface area contributed by atoms with Crippen LogP contribution in [0.5, 0.6) is 5.75 Å². The minimum absolute atomic E-state index is 0.0786. The zero-order chi connectivity index (χ0) is 43.9. The summed E-state index contributed by atoms with van der Waals surface area (Å²) in [5.41, 5.74) is 4.12. The van der Waals surface area contributed by atoms with Crippen molar-refractivity contribution in [3.8, 4) is 16.9 Å². The summed E-state index contributed by atoms with van der Waals surface area (Å²) in [6, 6.07) is 12.8. The van der Waals surface area contributed by atoms with Crippen molar-refractivity contribution in [1.29, 1.82) is 0 Å². The topological polar surface area (TPSA) is 150 Å². The molecule has 0 atom stereocenters. The van der Waals surface area contributed by atoms with Crippen LogP contribution in [0.1, 0.15) is 114 Å². The van der Waals surface area contributed by atoms with Gasteiger partial charge >= 0.3 is 29.8 Å². The predicted molar refractivity (Wildman–Crippen MR) is 228 cm³/mol. The Morgan fingerprint density at radius 2 is 1.37 bits per heavy atom. The largest absolute Gasteiger partial charge is 0.492 e. The second kappa shape index (κ2) is 26.3. The van der Waals surface area contributed by atoms with E-state index in [9.17, 15) is 24.0 Å². The van der Waals surface area contributed by atoms with E-state index in [-0.39, 0.29) is 12.2 Å². The fourth-order valence-corrected chi connectivity index (χ4v) is 7.42. The van der Waals surface area contributed by atoms with Crippen molar-refractivity contribution in [2.75, 3.05) is 53.9 Å². The molecule has 1 fully saturated rings. The quantitative estimate of drug-likeness (QED) is 0.0235. The van der Waals surface area contributed by atoms with Crippen LogP contribution < -0.4 is 4.74 Å². The van der Waals surface area contributed by atoms with Crippen molar-refractivity contribution in [3.63, 3.8) is 0 Å². The van der Waals surface area contributed by atoms with Crippen LogP contribution >= 0.6 is 0 Å². The van der Waals surface area contributed by atoms with Gasteiger partial charge < -0.3 is 33.2 Å². The summed E-state index contributed by atoms with van der Waals surface area (Å²) in [5, 5.41) is 0. The third kappa shape index (κ3) is 15.9. The molecule has 1 aliphatic rings. The van der Waals surface area contributed by atoms with Crippen LogP contribution in [0.25, 0.3) is 11.1 Å². The first-order chi connectivity index (χ1) is 28.9. The third-order valence-corrected chi connectivity index (χ3v) is 11.0. The Morgan fingerprint density at radius 1 is 0.733 bits per heavy atom. The van der Waals surface area contributed by atoms with E-state index in [0.717, 1.165) is 43.2 Å². The summed E-state index contributed by atoms with van der Waals surface area (Å²) < 4.78 is 37.0. The molecule has 0 aromatic heterocycles. The summed E-state index contributed by atoms with van der Waals surface area (Å²) in [5.74, 6) is -4.13. The average molecular weight is 835 g/mol. The lowest BCUT2D eigenvalue weighted by Crippen LogP contribution is -2.45. The maximum Gasteiger partial charge on any atom is 0.417 e. The van der Waals surface area contributed by atoms with Gasteiger partial charge in [0.15, 0.2) is 0 Å². The first-order valence-corrected chi connectivity index (χ1v) is 21.3. The number of unbranched alkanes of at least 4 members (excludes halogenated alkanes) is 4. The van der Waals surface area contributed by atoms with E-state index in [1.54, 1.807) is 6.08 Å². The molecule has 0 saturated heterocycles. The lowest BCUT2D eigenvalue weighted by atomic mass is 9.76. The Kier molecular flexibility index (Phi) is 21.6. The molecule has 0 heterocycles. The number of ether oxygens (including phenoxy) is 7. The number of rotatable bonds is 25. The molecular weight excluding hydrogens is 769 g/mol. The highest BCUT2D eigenvalue weighted by molar-refractivity contribution is 6.30. The van der Waals surface area contributed by atoms with E-state index < -0.39 is 55.1 Å². The van der Waals surface area contributed by atoms with Gasteiger partial charge in [-0.15, -0.1) is 6.58 Å². The van der Waals surface area contributed by atoms with E-state index in [1.165, 1.54) is 82.3 Å². The van der Waals surface area contributed by atoms with Crippen LogP contribution in [0.3, 0.4) is 0 Å². The molecule has 0 N–H and O–H groups in total. The number of hydrogen-bond donors (Lipinski definition) is 0. The van der Waals surface area contributed by atoms with Gasteiger partial charge in [0.2, 0.25) is 0 Å². The highest BCUT2D eigenvalue weighted by Crippen LogP contribution is 2.40. The monoisotopic (exact) mass is 834 g/mol. The predicted octanol–water partition coefficient (Wildman–Crippen LogP) is 8.60.